The molecule has 0 bridgehead atoms. The zero-order chi connectivity index (χ0) is 17.2. The number of hydrogen-bond acceptors (Lipinski definition) is 3. The van der Waals surface area contributed by atoms with Crippen LogP contribution in [0.1, 0.15) is 56.7 Å². The average Bonchev–Trinajstić information content (AvgIpc) is 3.07. The highest BCUT2D eigenvalue weighted by atomic mass is 16.2. The van der Waals surface area contributed by atoms with Crippen LogP contribution in [0.3, 0.4) is 0 Å². The lowest BCUT2D eigenvalue weighted by atomic mass is 9.69. The lowest BCUT2D eigenvalue weighted by molar-refractivity contribution is -0.135. The predicted octanol–water partition coefficient (Wildman–Crippen LogP) is 3.26. The third-order valence-corrected chi connectivity index (χ3v) is 5.28. The molecule has 1 aliphatic rings. The van der Waals surface area contributed by atoms with E-state index in [1.807, 2.05) is 4.68 Å². The molecule has 1 saturated carbocycles. The molecule has 2 aromatic rings. The average molecular weight is 326 g/mol. The topological polar surface area (TPSA) is 59.8 Å². The Balaban J connectivity index is 1.88. The van der Waals surface area contributed by atoms with Crippen molar-refractivity contribution in [1.29, 1.82) is 0 Å². The molecule has 1 fully saturated rings. The molecule has 2 atom stereocenters. The second-order valence-electron chi connectivity index (χ2n) is 7.13. The summed E-state index contributed by atoms with van der Waals surface area (Å²) < 4.78 is 1.85. The Morgan fingerprint density at radius 1 is 1.33 bits per heavy atom. The Morgan fingerprint density at radius 2 is 2.04 bits per heavy atom. The molecular weight excluding hydrogens is 300 g/mol. The van der Waals surface area contributed by atoms with Crippen LogP contribution in [0.2, 0.25) is 0 Å². The molecule has 3 rings (SSSR count). The van der Waals surface area contributed by atoms with Crippen LogP contribution >= 0.6 is 0 Å². The summed E-state index contributed by atoms with van der Waals surface area (Å²) in [4.78, 5) is 16.8. The SMILES string of the molecule is CCC(NC(=O)C1(C)CCC1)C(c1ccc(C)cc1)n1cncn1. The van der Waals surface area contributed by atoms with Crippen molar-refractivity contribution < 1.29 is 4.79 Å². The highest BCUT2D eigenvalue weighted by molar-refractivity contribution is 5.83. The van der Waals surface area contributed by atoms with E-state index in [1.54, 1.807) is 12.7 Å². The van der Waals surface area contributed by atoms with Gasteiger partial charge < -0.3 is 5.32 Å². The van der Waals surface area contributed by atoms with E-state index in [1.165, 1.54) is 5.56 Å². The number of amides is 1. The number of nitrogens with zero attached hydrogens (tertiary/aromatic N) is 3. The lowest BCUT2D eigenvalue weighted by Gasteiger charge is -2.39. The molecule has 128 valence electrons. The van der Waals surface area contributed by atoms with Gasteiger partial charge in [-0.2, -0.15) is 5.10 Å². The highest BCUT2D eigenvalue weighted by Crippen LogP contribution is 2.40. The Morgan fingerprint density at radius 3 is 2.54 bits per heavy atom. The van der Waals surface area contributed by atoms with Gasteiger partial charge in [0.1, 0.15) is 12.7 Å². The van der Waals surface area contributed by atoms with Crippen LogP contribution in [-0.2, 0) is 4.79 Å². The maximum absolute atomic E-state index is 12.7. The summed E-state index contributed by atoms with van der Waals surface area (Å²) in [5, 5.41) is 7.63. The van der Waals surface area contributed by atoms with Crippen molar-refractivity contribution in [3.05, 3.63) is 48.0 Å². The van der Waals surface area contributed by atoms with Crippen molar-refractivity contribution in [1.82, 2.24) is 20.1 Å². The quantitative estimate of drug-likeness (QED) is 0.886. The molecule has 2 unspecified atom stereocenters. The summed E-state index contributed by atoms with van der Waals surface area (Å²) >= 11 is 0. The van der Waals surface area contributed by atoms with Crippen molar-refractivity contribution in [3.8, 4) is 0 Å². The molecule has 1 aromatic heterocycles. The van der Waals surface area contributed by atoms with Crippen molar-refractivity contribution >= 4 is 5.91 Å². The fourth-order valence-electron chi connectivity index (χ4n) is 3.38. The number of aryl methyl sites for hydroxylation is 1. The van der Waals surface area contributed by atoms with Crippen LogP contribution in [0.25, 0.3) is 0 Å². The van der Waals surface area contributed by atoms with Crippen LogP contribution in [0.5, 0.6) is 0 Å². The number of nitrogens with one attached hydrogen (secondary N) is 1. The molecule has 0 spiro atoms. The number of hydrogen-bond donors (Lipinski definition) is 1. The van der Waals surface area contributed by atoms with Crippen LogP contribution in [0, 0.1) is 12.3 Å². The summed E-state index contributed by atoms with van der Waals surface area (Å²) in [6.07, 6.45) is 7.21. The first-order chi connectivity index (χ1) is 11.5. The van der Waals surface area contributed by atoms with Gasteiger partial charge in [-0.3, -0.25) is 4.79 Å². The van der Waals surface area contributed by atoms with E-state index in [-0.39, 0.29) is 23.4 Å². The van der Waals surface area contributed by atoms with Gasteiger partial charge in [0.15, 0.2) is 0 Å². The molecule has 5 heteroatoms. The van der Waals surface area contributed by atoms with Crippen molar-refractivity contribution in [3.63, 3.8) is 0 Å². The van der Waals surface area contributed by atoms with Gasteiger partial charge in [-0.05, 0) is 31.7 Å². The standard InChI is InChI=1S/C19H26N4O/c1-4-16(22-18(24)19(3)10-5-11-19)17(23-13-20-12-21-23)15-8-6-14(2)7-9-15/h6-9,12-13,16-17H,4-5,10-11H2,1-3H3,(H,22,24). The minimum atomic E-state index is -0.201. The van der Waals surface area contributed by atoms with Crippen LogP contribution in [0.15, 0.2) is 36.9 Å². The smallest absolute Gasteiger partial charge is 0.226 e. The third kappa shape index (κ3) is 3.21. The van der Waals surface area contributed by atoms with Gasteiger partial charge in [-0.15, -0.1) is 0 Å². The molecule has 5 nitrogen and oxygen atoms in total. The molecular formula is C19H26N4O. The first-order valence-electron chi connectivity index (χ1n) is 8.75. The number of aromatic nitrogens is 3. The minimum absolute atomic E-state index is 0.0145. The summed E-state index contributed by atoms with van der Waals surface area (Å²) in [6, 6.07) is 8.36. The van der Waals surface area contributed by atoms with E-state index in [4.69, 9.17) is 0 Å². The summed E-state index contributed by atoms with van der Waals surface area (Å²) in [6.45, 7) is 6.24. The summed E-state index contributed by atoms with van der Waals surface area (Å²) in [7, 11) is 0. The fraction of sp³-hybridized carbons (Fsp3) is 0.526. The maximum atomic E-state index is 12.7. The van der Waals surface area contributed by atoms with E-state index in [2.05, 4.69) is 60.4 Å². The van der Waals surface area contributed by atoms with E-state index in [9.17, 15) is 4.79 Å². The minimum Gasteiger partial charge on any atom is -0.350 e. The molecule has 0 saturated heterocycles. The van der Waals surface area contributed by atoms with Crippen LogP contribution < -0.4 is 5.32 Å². The molecule has 1 amide bonds. The Kier molecular flexibility index (Phi) is 4.69. The first-order valence-corrected chi connectivity index (χ1v) is 8.75. The van der Waals surface area contributed by atoms with Gasteiger partial charge in [-0.1, -0.05) is 50.1 Å². The van der Waals surface area contributed by atoms with Crippen molar-refractivity contribution in [2.45, 2.75) is 58.5 Å². The van der Waals surface area contributed by atoms with E-state index in [0.29, 0.717) is 0 Å². The third-order valence-electron chi connectivity index (χ3n) is 5.28. The molecule has 1 N–H and O–H groups in total. The van der Waals surface area contributed by atoms with E-state index in [0.717, 1.165) is 31.2 Å². The van der Waals surface area contributed by atoms with Gasteiger partial charge in [0, 0.05) is 5.41 Å². The van der Waals surface area contributed by atoms with E-state index >= 15 is 0 Å². The second-order valence-corrected chi connectivity index (χ2v) is 7.13. The van der Waals surface area contributed by atoms with Crippen LogP contribution in [-0.4, -0.2) is 26.7 Å². The zero-order valence-electron chi connectivity index (χ0n) is 14.7. The molecule has 0 aliphatic heterocycles. The molecule has 1 aliphatic carbocycles. The molecule has 24 heavy (non-hydrogen) atoms. The zero-order valence-corrected chi connectivity index (χ0v) is 14.7. The Bertz CT molecular complexity index is 674. The van der Waals surface area contributed by atoms with Crippen molar-refractivity contribution in [2.75, 3.05) is 0 Å². The number of carbonyl (C=O) groups is 1. The van der Waals surface area contributed by atoms with Gasteiger partial charge in [0.25, 0.3) is 0 Å². The maximum Gasteiger partial charge on any atom is 0.226 e. The monoisotopic (exact) mass is 326 g/mol. The van der Waals surface area contributed by atoms with Gasteiger partial charge in [0.2, 0.25) is 5.91 Å². The Hall–Kier alpha value is -2.17. The number of benzene rings is 1. The fourth-order valence-corrected chi connectivity index (χ4v) is 3.38. The Labute approximate surface area is 143 Å². The lowest BCUT2D eigenvalue weighted by Crippen LogP contribution is -2.50. The van der Waals surface area contributed by atoms with Crippen LogP contribution in [0.4, 0.5) is 0 Å². The normalized spacial score (nSPS) is 18.5. The van der Waals surface area contributed by atoms with Gasteiger partial charge in [0.05, 0.1) is 12.1 Å². The summed E-state index contributed by atoms with van der Waals surface area (Å²) in [5.74, 6) is 0.165. The molecule has 1 heterocycles. The molecule has 1 aromatic carbocycles. The molecule has 0 radical (unpaired) electrons. The predicted molar refractivity (Wildman–Crippen MR) is 93.5 cm³/mol. The number of rotatable bonds is 6. The second kappa shape index (κ2) is 6.75. The van der Waals surface area contributed by atoms with Crippen molar-refractivity contribution in [2.24, 2.45) is 5.41 Å². The van der Waals surface area contributed by atoms with Gasteiger partial charge in [-0.25, -0.2) is 9.67 Å². The highest BCUT2D eigenvalue weighted by Gasteiger charge is 2.40. The largest absolute Gasteiger partial charge is 0.350 e. The van der Waals surface area contributed by atoms with E-state index < -0.39 is 0 Å². The number of carbonyl (C=O) groups excluding carboxylic acids is 1. The van der Waals surface area contributed by atoms with Gasteiger partial charge >= 0.3 is 0 Å². The first kappa shape index (κ1) is 16.7. The summed E-state index contributed by atoms with van der Waals surface area (Å²) in [5.41, 5.74) is 2.15.